The van der Waals surface area contributed by atoms with Gasteiger partial charge in [0, 0.05) is 23.5 Å². The van der Waals surface area contributed by atoms with Gasteiger partial charge in [-0.3, -0.25) is 14.5 Å². The van der Waals surface area contributed by atoms with Crippen molar-refractivity contribution < 1.29 is 14.3 Å². The molecule has 2 aromatic rings. The number of carbonyl (C=O) groups excluding carboxylic acids is 2. The monoisotopic (exact) mass is 424 g/mol. The van der Waals surface area contributed by atoms with Crippen molar-refractivity contribution in [3.63, 3.8) is 0 Å². The number of halogens is 2. The molecule has 0 radical (unpaired) electrons. The standard InChI is InChI=1S/C19H18Cl2N2O3S/c1-11-8-13(9-17-18(24)22(6-7-26-3)19(25)27-17)12(2)23(11)16-10-14(20)4-5-15(16)21/h4-5,8-10H,6-7H2,1-3H3/b17-9+. The van der Waals surface area contributed by atoms with Gasteiger partial charge in [-0.25, -0.2) is 0 Å². The number of aryl methyl sites for hydroxylation is 1. The minimum absolute atomic E-state index is 0.246. The van der Waals surface area contributed by atoms with E-state index in [0.29, 0.717) is 21.6 Å². The second kappa shape index (κ2) is 8.10. The number of benzene rings is 1. The van der Waals surface area contributed by atoms with E-state index in [1.165, 1.54) is 12.0 Å². The lowest BCUT2D eigenvalue weighted by Crippen LogP contribution is -2.31. The number of aromatic nitrogens is 1. The van der Waals surface area contributed by atoms with Gasteiger partial charge in [0.2, 0.25) is 0 Å². The van der Waals surface area contributed by atoms with Crippen molar-refractivity contribution in [2.75, 3.05) is 20.3 Å². The summed E-state index contributed by atoms with van der Waals surface area (Å²) in [4.78, 5) is 26.2. The molecule has 142 valence electrons. The van der Waals surface area contributed by atoms with Gasteiger partial charge in [0.05, 0.1) is 28.8 Å². The van der Waals surface area contributed by atoms with E-state index in [-0.39, 0.29) is 17.7 Å². The van der Waals surface area contributed by atoms with Crippen molar-refractivity contribution in [3.05, 3.63) is 56.2 Å². The van der Waals surface area contributed by atoms with Crippen molar-refractivity contribution >= 4 is 52.2 Å². The molecular formula is C19H18Cl2N2O3S. The molecule has 5 nitrogen and oxygen atoms in total. The first-order valence-corrected chi connectivity index (χ1v) is 9.79. The van der Waals surface area contributed by atoms with E-state index in [1.54, 1.807) is 24.3 Å². The van der Waals surface area contributed by atoms with Crippen LogP contribution in [-0.4, -0.2) is 40.9 Å². The smallest absolute Gasteiger partial charge is 0.293 e. The highest BCUT2D eigenvalue weighted by Crippen LogP contribution is 2.34. The number of hydrogen-bond donors (Lipinski definition) is 0. The molecule has 0 unspecified atom stereocenters. The normalized spacial score (nSPS) is 16.0. The summed E-state index contributed by atoms with van der Waals surface area (Å²) in [5, 5.41) is 0.880. The van der Waals surface area contributed by atoms with Crippen LogP contribution in [0.25, 0.3) is 11.8 Å². The van der Waals surface area contributed by atoms with Gasteiger partial charge in [0.1, 0.15) is 0 Å². The van der Waals surface area contributed by atoms with Gasteiger partial charge >= 0.3 is 0 Å². The lowest BCUT2D eigenvalue weighted by Gasteiger charge is -2.12. The van der Waals surface area contributed by atoms with Gasteiger partial charge in [-0.1, -0.05) is 23.2 Å². The number of thioether (sulfide) groups is 1. The molecule has 8 heteroatoms. The Morgan fingerprint density at radius 1 is 1.19 bits per heavy atom. The zero-order valence-corrected chi connectivity index (χ0v) is 17.4. The van der Waals surface area contributed by atoms with E-state index in [9.17, 15) is 9.59 Å². The van der Waals surface area contributed by atoms with Crippen LogP contribution < -0.4 is 0 Å². The van der Waals surface area contributed by atoms with E-state index in [4.69, 9.17) is 27.9 Å². The van der Waals surface area contributed by atoms with Crippen molar-refractivity contribution in [3.8, 4) is 5.69 Å². The average Bonchev–Trinajstić information content (AvgIpc) is 3.04. The summed E-state index contributed by atoms with van der Waals surface area (Å²) < 4.78 is 6.94. The lowest BCUT2D eigenvalue weighted by atomic mass is 10.2. The Morgan fingerprint density at radius 3 is 2.63 bits per heavy atom. The van der Waals surface area contributed by atoms with Crippen LogP contribution in [-0.2, 0) is 9.53 Å². The van der Waals surface area contributed by atoms with Crippen LogP contribution in [0.2, 0.25) is 10.0 Å². The van der Waals surface area contributed by atoms with E-state index in [2.05, 4.69) is 0 Å². The van der Waals surface area contributed by atoms with Gasteiger partial charge < -0.3 is 9.30 Å². The molecule has 1 aliphatic rings. The van der Waals surface area contributed by atoms with Crippen LogP contribution in [0.3, 0.4) is 0 Å². The largest absolute Gasteiger partial charge is 0.383 e. The maximum atomic E-state index is 12.5. The number of ether oxygens (including phenoxy) is 1. The third-order valence-electron chi connectivity index (χ3n) is 4.30. The molecule has 2 heterocycles. The molecule has 1 aromatic carbocycles. The number of methoxy groups -OCH3 is 1. The van der Waals surface area contributed by atoms with Crippen LogP contribution in [0.15, 0.2) is 29.2 Å². The second-order valence-electron chi connectivity index (χ2n) is 6.08. The van der Waals surface area contributed by atoms with Crippen molar-refractivity contribution in [2.45, 2.75) is 13.8 Å². The molecule has 0 aliphatic carbocycles. The molecule has 1 aliphatic heterocycles. The fourth-order valence-electron chi connectivity index (χ4n) is 2.98. The first kappa shape index (κ1) is 20.0. The maximum absolute atomic E-state index is 12.5. The van der Waals surface area contributed by atoms with Crippen LogP contribution >= 0.6 is 35.0 Å². The highest BCUT2D eigenvalue weighted by atomic mass is 35.5. The Bertz CT molecular complexity index is 953. The summed E-state index contributed by atoms with van der Waals surface area (Å²) in [5.41, 5.74) is 3.47. The summed E-state index contributed by atoms with van der Waals surface area (Å²) in [7, 11) is 1.53. The summed E-state index contributed by atoms with van der Waals surface area (Å²) >= 11 is 13.4. The molecule has 0 atom stereocenters. The highest BCUT2D eigenvalue weighted by Gasteiger charge is 2.34. The Morgan fingerprint density at radius 2 is 1.93 bits per heavy atom. The molecule has 1 saturated heterocycles. The molecule has 0 N–H and O–H groups in total. The number of nitrogens with zero attached hydrogens (tertiary/aromatic N) is 2. The molecule has 27 heavy (non-hydrogen) atoms. The number of amides is 2. The van der Waals surface area contributed by atoms with Gasteiger partial charge in [-0.05, 0) is 61.5 Å². The van der Waals surface area contributed by atoms with Crippen LogP contribution in [0.5, 0.6) is 0 Å². The van der Waals surface area contributed by atoms with Crippen LogP contribution in [0.4, 0.5) is 4.79 Å². The summed E-state index contributed by atoms with van der Waals surface area (Å²) in [6, 6.07) is 7.24. The summed E-state index contributed by atoms with van der Waals surface area (Å²) in [6.07, 6.45) is 1.75. The SMILES string of the molecule is COCCN1C(=O)S/C(=C/c2cc(C)n(-c3cc(Cl)ccc3Cl)c2C)C1=O. The fourth-order valence-corrected chi connectivity index (χ4v) is 4.20. The third-order valence-corrected chi connectivity index (χ3v) is 5.76. The fraction of sp³-hybridized carbons (Fsp3) is 0.263. The number of carbonyl (C=O) groups is 2. The van der Waals surface area contributed by atoms with E-state index in [1.807, 2.05) is 24.5 Å². The maximum Gasteiger partial charge on any atom is 0.293 e. The van der Waals surface area contributed by atoms with E-state index >= 15 is 0 Å². The van der Waals surface area contributed by atoms with E-state index in [0.717, 1.165) is 34.4 Å². The van der Waals surface area contributed by atoms with E-state index < -0.39 is 0 Å². The number of rotatable bonds is 5. The van der Waals surface area contributed by atoms with Gasteiger partial charge in [0.25, 0.3) is 11.1 Å². The predicted molar refractivity (Wildman–Crippen MR) is 110 cm³/mol. The Kier molecular flexibility index (Phi) is 6.01. The molecule has 1 aromatic heterocycles. The van der Waals surface area contributed by atoms with Crippen molar-refractivity contribution in [2.24, 2.45) is 0 Å². The van der Waals surface area contributed by atoms with Crippen molar-refractivity contribution in [1.82, 2.24) is 9.47 Å². The Hall–Kier alpha value is -1.73. The summed E-state index contributed by atoms with van der Waals surface area (Å²) in [6.45, 7) is 4.44. The minimum Gasteiger partial charge on any atom is -0.383 e. The zero-order valence-electron chi connectivity index (χ0n) is 15.1. The Labute approximate surface area is 171 Å². The van der Waals surface area contributed by atoms with Gasteiger partial charge in [-0.2, -0.15) is 0 Å². The van der Waals surface area contributed by atoms with Gasteiger partial charge in [-0.15, -0.1) is 0 Å². The van der Waals surface area contributed by atoms with Gasteiger partial charge in [0.15, 0.2) is 0 Å². The van der Waals surface area contributed by atoms with Crippen LogP contribution in [0, 0.1) is 13.8 Å². The first-order valence-electron chi connectivity index (χ1n) is 8.22. The molecule has 0 spiro atoms. The molecule has 0 bridgehead atoms. The molecular weight excluding hydrogens is 407 g/mol. The average molecular weight is 425 g/mol. The topological polar surface area (TPSA) is 51.5 Å². The third kappa shape index (κ3) is 3.94. The lowest BCUT2D eigenvalue weighted by molar-refractivity contribution is -0.123. The molecule has 1 fully saturated rings. The number of imide groups is 1. The molecule has 2 amide bonds. The zero-order chi connectivity index (χ0) is 19.7. The minimum atomic E-state index is -0.298. The van der Waals surface area contributed by atoms with Crippen LogP contribution in [0.1, 0.15) is 17.0 Å². The highest BCUT2D eigenvalue weighted by molar-refractivity contribution is 8.18. The number of hydrogen-bond acceptors (Lipinski definition) is 4. The molecule has 0 saturated carbocycles. The summed E-state index contributed by atoms with van der Waals surface area (Å²) in [5.74, 6) is -0.298. The second-order valence-corrected chi connectivity index (χ2v) is 7.92. The van der Waals surface area contributed by atoms with Crippen molar-refractivity contribution in [1.29, 1.82) is 0 Å². The molecule has 3 rings (SSSR count). The predicted octanol–water partition coefficient (Wildman–Crippen LogP) is 5.08. The Balaban J connectivity index is 1.98. The quantitative estimate of drug-likeness (QED) is 0.627. The first-order chi connectivity index (χ1) is 12.8.